The summed E-state index contributed by atoms with van der Waals surface area (Å²) < 4.78 is 7.80. The minimum Gasteiger partial charge on any atom is -0.482 e. The Hall–Kier alpha value is -4.66. The molecule has 1 amide bonds. The molecule has 0 radical (unpaired) electrons. The molecule has 2 heterocycles. The van der Waals surface area contributed by atoms with Crippen LogP contribution in [-0.4, -0.2) is 31.7 Å². The van der Waals surface area contributed by atoms with Crippen molar-refractivity contribution >= 4 is 23.4 Å². The summed E-state index contributed by atoms with van der Waals surface area (Å²) in [6.07, 6.45) is 4.89. The minimum absolute atomic E-state index is 0.0446. The maximum absolute atomic E-state index is 12.6. The first-order valence-corrected chi connectivity index (χ1v) is 10.5. The Balaban J connectivity index is 1.50. The monoisotopic (exact) mass is 457 g/mol. The molecule has 2 aromatic carbocycles. The van der Waals surface area contributed by atoms with Crippen LogP contribution in [-0.2, 0) is 7.05 Å². The zero-order chi connectivity index (χ0) is 24.2. The van der Waals surface area contributed by atoms with E-state index in [1.54, 1.807) is 41.3 Å². The van der Waals surface area contributed by atoms with Crippen LogP contribution in [0.25, 0.3) is 11.1 Å². The van der Waals surface area contributed by atoms with Gasteiger partial charge in [0.15, 0.2) is 11.6 Å². The van der Waals surface area contributed by atoms with E-state index in [9.17, 15) is 9.59 Å². The van der Waals surface area contributed by atoms with Crippen LogP contribution in [0, 0.1) is 0 Å². The van der Waals surface area contributed by atoms with Gasteiger partial charge in [0, 0.05) is 41.8 Å². The molecule has 0 aliphatic heterocycles. The number of ether oxygens (including phenoxy) is 1. The van der Waals surface area contributed by atoms with Gasteiger partial charge in [-0.3, -0.25) is 9.48 Å². The predicted molar refractivity (Wildman–Crippen MR) is 128 cm³/mol. The van der Waals surface area contributed by atoms with Gasteiger partial charge < -0.3 is 20.9 Å². The first-order valence-electron chi connectivity index (χ1n) is 10.5. The van der Waals surface area contributed by atoms with E-state index in [0.29, 0.717) is 11.4 Å². The second-order valence-electron chi connectivity index (χ2n) is 7.74. The van der Waals surface area contributed by atoms with Gasteiger partial charge in [0.25, 0.3) is 5.91 Å². The number of nitrogens with zero attached hydrogens (tertiary/aromatic N) is 3. The molecule has 0 spiro atoms. The van der Waals surface area contributed by atoms with Crippen LogP contribution >= 0.6 is 0 Å². The number of nitrogens with two attached hydrogens (primary N) is 1. The Labute approximate surface area is 195 Å². The fourth-order valence-electron chi connectivity index (χ4n) is 3.40. The lowest BCUT2D eigenvalue weighted by molar-refractivity contribution is 0.0697. The number of carboxylic acid groups (broad SMARTS) is 1. The van der Waals surface area contributed by atoms with Gasteiger partial charge in [-0.25, -0.2) is 9.78 Å². The van der Waals surface area contributed by atoms with Gasteiger partial charge in [-0.2, -0.15) is 5.10 Å². The molecule has 4 aromatic rings. The van der Waals surface area contributed by atoms with Gasteiger partial charge in [-0.05, 0) is 48.9 Å². The summed E-state index contributed by atoms with van der Waals surface area (Å²) in [5.41, 5.74) is 9.41. The van der Waals surface area contributed by atoms with E-state index in [0.717, 1.165) is 16.7 Å². The van der Waals surface area contributed by atoms with Gasteiger partial charge in [0.2, 0.25) is 0 Å². The third-order valence-electron chi connectivity index (χ3n) is 5.21. The number of rotatable bonds is 7. The number of carboxylic acids is 1. The minimum atomic E-state index is -1.09. The van der Waals surface area contributed by atoms with Crippen molar-refractivity contribution in [2.24, 2.45) is 7.05 Å². The average Bonchev–Trinajstić information content (AvgIpc) is 3.27. The Bertz CT molecular complexity index is 1360. The molecule has 34 heavy (non-hydrogen) atoms. The number of amides is 1. The van der Waals surface area contributed by atoms with Crippen LogP contribution in [0.5, 0.6) is 5.75 Å². The molecular weight excluding hydrogens is 434 g/mol. The number of aromatic nitrogens is 3. The first kappa shape index (κ1) is 22.5. The largest absolute Gasteiger partial charge is 0.482 e. The summed E-state index contributed by atoms with van der Waals surface area (Å²) >= 11 is 0. The SMILES string of the molecule is CC(Oc1cc(-c2cnn(C)c2)cnc1N)c1cccc(NC(=O)c2cccc(C(=O)O)c2)c1. The number of aryl methyl sites for hydroxylation is 1. The van der Waals surface area contributed by atoms with Crippen molar-refractivity contribution in [2.45, 2.75) is 13.0 Å². The molecule has 9 heteroatoms. The standard InChI is InChI=1S/C25H23N5O4/c1-15(34-22-11-19(12-27-23(22)26)20-13-28-30(2)14-20)16-5-4-8-21(10-16)29-24(31)17-6-3-7-18(9-17)25(32)33/h3-15H,1-2H3,(H2,26,27)(H,29,31)(H,32,33). The van der Waals surface area contributed by atoms with Crippen LogP contribution in [0.2, 0.25) is 0 Å². The highest BCUT2D eigenvalue weighted by molar-refractivity contribution is 6.05. The first-order chi connectivity index (χ1) is 16.3. The van der Waals surface area contributed by atoms with Crippen molar-refractivity contribution in [2.75, 3.05) is 11.1 Å². The van der Waals surface area contributed by atoms with Gasteiger partial charge in [0.05, 0.1) is 11.8 Å². The van der Waals surface area contributed by atoms with E-state index in [2.05, 4.69) is 15.4 Å². The summed E-state index contributed by atoms with van der Waals surface area (Å²) in [7, 11) is 1.84. The molecule has 172 valence electrons. The highest BCUT2D eigenvalue weighted by atomic mass is 16.5. The second-order valence-corrected chi connectivity index (χ2v) is 7.74. The fourth-order valence-corrected chi connectivity index (χ4v) is 3.40. The smallest absolute Gasteiger partial charge is 0.335 e. The number of pyridine rings is 1. The molecule has 9 nitrogen and oxygen atoms in total. The molecule has 4 N–H and O–H groups in total. The van der Waals surface area contributed by atoms with E-state index < -0.39 is 11.9 Å². The number of aromatic carboxylic acids is 1. The van der Waals surface area contributed by atoms with Crippen LogP contribution in [0.4, 0.5) is 11.5 Å². The van der Waals surface area contributed by atoms with Crippen molar-refractivity contribution in [3.05, 3.63) is 89.9 Å². The van der Waals surface area contributed by atoms with E-state index in [1.165, 1.54) is 18.2 Å². The number of hydrogen-bond donors (Lipinski definition) is 3. The van der Waals surface area contributed by atoms with Crippen molar-refractivity contribution < 1.29 is 19.4 Å². The number of anilines is 2. The lowest BCUT2D eigenvalue weighted by atomic mass is 10.1. The van der Waals surface area contributed by atoms with E-state index in [1.807, 2.05) is 32.3 Å². The summed E-state index contributed by atoms with van der Waals surface area (Å²) in [5, 5.41) is 16.1. The van der Waals surface area contributed by atoms with Gasteiger partial charge >= 0.3 is 5.97 Å². The Morgan fingerprint density at radius 2 is 1.82 bits per heavy atom. The lowest BCUT2D eigenvalue weighted by Crippen LogP contribution is -2.13. The fraction of sp³-hybridized carbons (Fsp3) is 0.120. The van der Waals surface area contributed by atoms with Crippen molar-refractivity contribution in [3.63, 3.8) is 0 Å². The topological polar surface area (TPSA) is 132 Å². The Morgan fingerprint density at radius 1 is 1.06 bits per heavy atom. The normalized spacial score (nSPS) is 11.6. The number of benzene rings is 2. The van der Waals surface area contributed by atoms with Gasteiger partial charge in [0.1, 0.15) is 6.10 Å². The molecule has 2 aromatic heterocycles. The summed E-state index contributed by atoms with van der Waals surface area (Å²) in [5.74, 6) is -0.800. The zero-order valence-electron chi connectivity index (χ0n) is 18.6. The summed E-state index contributed by atoms with van der Waals surface area (Å²) in [6, 6.07) is 14.9. The van der Waals surface area contributed by atoms with E-state index in [-0.39, 0.29) is 23.0 Å². The molecule has 0 aliphatic carbocycles. The number of carbonyl (C=O) groups excluding carboxylic acids is 1. The molecule has 1 unspecified atom stereocenters. The zero-order valence-corrected chi connectivity index (χ0v) is 18.6. The summed E-state index contributed by atoms with van der Waals surface area (Å²) in [6.45, 7) is 1.87. The lowest BCUT2D eigenvalue weighted by Gasteiger charge is -2.17. The third kappa shape index (κ3) is 5.04. The molecule has 0 bridgehead atoms. The van der Waals surface area contributed by atoms with Crippen LogP contribution in [0.3, 0.4) is 0 Å². The number of carbonyl (C=O) groups is 2. The highest BCUT2D eigenvalue weighted by Crippen LogP contribution is 2.31. The molecule has 0 aliphatic rings. The molecule has 0 fully saturated rings. The molecule has 0 saturated heterocycles. The highest BCUT2D eigenvalue weighted by Gasteiger charge is 2.14. The van der Waals surface area contributed by atoms with Crippen molar-refractivity contribution in [1.29, 1.82) is 0 Å². The number of nitrogens with one attached hydrogen (secondary N) is 1. The predicted octanol–water partition coefficient (Wildman–Crippen LogP) is 4.15. The van der Waals surface area contributed by atoms with Crippen LogP contribution < -0.4 is 15.8 Å². The third-order valence-corrected chi connectivity index (χ3v) is 5.21. The maximum atomic E-state index is 12.6. The van der Waals surface area contributed by atoms with Crippen molar-refractivity contribution in [1.82, 2.24) is 14.8 Å². The van der Waals surface area contributed by atoms with Gasteiger partial charge in [-0.1, -0.05) is 18.2 Å². The quantitative estimate of drug-likeness (QED) is 0.380. The van der Waals surface area contributed by atoms with Crippen molar-refractivity contribution in [3.8, 4) is 16.9 Å². The van der Waals surface area contributed by atoms with Crippen LogP contribution in [0.1, 0.15) is 39.3 Å². The second kappa shape index (κ2) is 9.45. The van der Waals surface area contributed by atoms with Crippen LogP contribution in [0.15, 0.2) is 73.2 Å². The Kier molecular flexibility index (Phi) is 6.26. The summed E-state index contributed by atoms with van der Waals surface area (Å²) in [4.78, 5) is 28.0. The Morgan fingerprint density at radius 3 is 2.56 bits per heavy atom. The molecule has 4 rings (SSSR count). The van der Waals surface area contributed by atoms with E-state index >= 15 is 0 Å². The average molecular weight is 457 g/mol. The van der Waals surface area contributed by atoms with Gasteiger partial charge in [-0.15, -0.1) is 0 Å². The molecule has 0 saturated carbocycles. The number of hydrogen-bond acceptors (Lipinski definition) is 6. The number of nitrogen functional groups attached to an aromatic ring is 1. The molecular formula is C25H23N5O4. The maximum Gasteiger partial charge on any atom is 0.335 e. The molecule has 1 atom stereocenters. The van der Waals surface area contributed by atoms with E-state index in [4.69, 9.17) is 15.6 Å².